The van der Waals surface area contributed by atoms with Crippen LogP contribution in [0.1, 0.15) is 5.56 Å². The largest absolute Gasteiger partial charge is 0.358 e. The maximum absolute atomic E-state index is 4.42. The number of hydrogen-bond acceptors (Lipinski definition) is 3. The number of aryl methyl sites for hydroxylation is 1. The van der Waals surface area contributed by atoms with Crippen LogP contribution >= 0.6 is 15.9 Å². The topological polar surface area (TPSA) is 19.4 Å². The Labute approximate surface area is 100 Å². The second-order valence-electron chi connectivity index (χ2n) is 4.02. The molecule has 0 saturated heterocycles. The van der Waals surface area contributed by atoms with Crippen LogP contribution in [-0.2, 0) is 0 Å². The Morgan fingerprint density at radius 1 is 1.27 bits per heavy atom. The fraction of sp³-hybridized carbons (Fsp3) is 0.545. The second-order valence-corrected chi connectivity index (χ2v) is 4.93. The van der Waals surface area contributed by atoms with Crippen LogP contribution in [0.3, 0.4) is 0 Å². The first-order valence-corrected chi connectivity index (χ1v) is 5.78. The Morgan fingerprint density at radius 3 is 2.47 bits per heavy atom. The van der Waals surface area contributed by atoms with Gasteiger partial charge in [-0.05, 0) is 48.6 Å². The summed E-state index contributed by atoms with van der Waals surface area (Å²) in [6, 6.07) is 2.09. The summed E-state index contributed by atoms with van der Waals surface area (Å²) in [5.74, 6) is 1.06. The molecule has 1 heterocycles. The molecule has 0 N–H and O–H groups in total. The smallest absolute Gasteiger partial charge is 0.131 e. The van der Waals surface area contributed by atoms with Crippen LogP contribution in [-0.4, -0.2) is 44.1 Å². The van der Waals surface area contributed by atoms with Crippen molar-refractivity contribution in [1.29, 1.82) is 0 Å². The molecular formula is C11H18BrN3. The van der Waals surface area contributed by atoms with Crippen molar-refractivity contribution in [2.45, 2.75) is 6.92 Å². The van der Waals surface area contributed by atoms with Crippen molar-refractivity contribution >= 4 is 21.7 Å². The molecule has 1 aromatic rings. The van der Waals surface area contributed by atoms with E-state index in [-0.39, 0.29) is 0 Å². The lowest BCUT2D eigenvalue weighted by Gasteiger charge is -2.22. The zero-order valence-electron chi connectivity index (χ0n) is 9.79. The first kappa shape index (κ1) is 12.5. The molecule has 1 aromatic heterocycles. The normalized spacial score (nSPS) is 10.8. The molecule has 1 rings (SSSR count). The van der Waals surface area contributed by atoms with Gasteiger partial charge in [-0.3, -0.25) is 0 Å². The van der Waals surface area contributed by atoms with Gasteiger partial charge in [0.05, 0.1) is 0 Å². The van der Waals surface area contributed by atoms with E-state index in [0.717, 1.165) is 23.4 Å². The van der Waals surface area contributed by atoms with Gasteiger partial charge in [-0.1, -0.05) is 0 Å². The molecule has 0 aromatic carbocycles. The zero-order valence-corrected chi connectivity index (χ0v) is 11.4. The molecule has 84 valence electrons. The molecule has 0 atom stereocenters. The maximum atomic E-state index is 4.42. The molecule has 4 heteroatoms. The summed E-state index contributed by atoms with van der Waals surface area (Å²) in [6.45, 7) is 4.11. The van der Waals surface area contributed by atoms with E-state index < -0.39 is 0 Å². The van der Waals surface area contributed by atoms with Gasteiger partial charge in [-0.2, -0.15) is 0 Å². The first-order valence-electron chi connectivity index (χ1n) is 4.98. The van der Waals surface area contributed by atoms with Crippen molar-refractivity contribution in [1.82, 2.24) is 9.88 Å². The molecule has 0 bridgehead atoms. The van der Waals surface area contributed by atoms with Crippen LogP contribution in [0.5, 0.6) is 0 Å². The van der Waals surface area contributed by atoms with Crippen LogP contribution in [0.25, 0.3) is 0 Å². The summed E-state index contributed by atoms with van der Waals surface area (Å²) in [4.78, 5) is 8.77. The molecular weight excluding hydrogens is 254 g/mol. The van der Waals surface area contributed by atoms with Gasteiger partial charge in [0.2, 0.25) is 0 Å². The number of hydrogen-bond donors (Lipinski definition) is 0. The van der Waals surface area contributed by atoms with Gasteiger partial charge in [-0.15, -0.1) is 0 Å². The van der Waals surface area contributed by atoms with Crippen LogP contribution in [0, 0.1) is 6.92 Å². The maximum Gasteiger partial charge on any atom is 0.131 e. The molecule has 0 fully saturated rings. The van der Waals surface area contributed by atoms with E-state index in [0.29, 0.717) is 0 Å². The summed E-state index contributed by atoms with van der Waals surface area (Å²) in [5, 5.41) is 0. The van der Waals surface area contributed by atoms with Gasteiger partial charge >= 0.3 is 0 Å². The Kier molecular flexibility index (Phi) is 4.54. The number of halogens is 1. The van der Waals surface area contributed by atoms with Crippen LogP contribution in [0.2, 0.25) is 0 Å². The SMILES string of the molecule is Cc1cc(Br)cnc1N(C)CCN(C)C. The molecule has 0 unspecified atom stereocenters. The molecule has 0 aliphatic carbocycles. The average molecular weight is 272 g/mol. The monoisotopic (exact) mass is 271 g/mol. The van der Waals surface area contributed by atoms with Crippen LogP contribution in [0.4, 0.5) is 5.82 Å². The van der Waals surface area contributed by atoms with Gasteiger partial charge in [0.15, 0.2) is 0 Å². The fourth-order valence-corrected chi connectivity index (χ4v) is 1.83. The number of anilines is 1. The number of rotatable bonds is 4. The minimum Gasteiger partial charge on any atom is -0.358 e. The zero-order chi connectivity index (χ0) is 11.4. The Balaban J connectivity index is 2.69. The molecule has 0 aliphatic rings. The number of pyridine rings is 1. The Bertz CT molecular complexity index is 326. The third kappa shape index (κ3) is 3.80. The van der Waals surface area contributed by atoms with Crippen molar-refractivity contribution < 1.29 is 0 Å². The molecule has 0 amide bonds. The van der Waals surface area contributed by atoms with Crippen molar-refractivity contribution in [2.24, 2.45) is 0 Å². The average Bonchev–Trinajstić information content (AvgIpc) is 2.14. The molecule has 15 heavy (non-hydrogen) atoms. The standard InChI is InChI=1S/C11H18BrN3/c1-9-7-10(12)8-13-11(9)15(4)6-5-14(2)3/h7-8H,5-6H2,1-4H3. The minimum absolute atomic E-state index is 0.989. The van der Waals surface area contributed by atoms with E-state index >= 15 is 0 Å². The number of aromatic nitrogens is 1. The molecule has 3 nitrogen and oxygen atoms in total. The summed E-state index contributed by atoms with van der Waals surface area (Å²) in [5.41, 5.74) is 1.20. The first-order chi connectivity index (χ1) is 7.00. The lowest BCUT2D eigenvalue weighted by Crippen LogP contribution is -2.29. The lowest BCUT2D eigenvalue weighted by atomic mass is 10.3. The number of nitrogens with zero attached hydrogens (tertiary/aromatic N) is 3. The van der Waals surface area contributed by atoms with E-state index in [1.165, 1.54) is 5.56 Å². The highest BCUT2D eigenvalue weighted by molar-refractivity contribution is 9.10. The third-order valence-corrected chi connectivity index (χ3v) is 2.70. The summed E-state index contributed by atoms with van der Waals surface area (Å²) in [7, 11) is 6.23. The fourth-order valence-electron chi connectivity index (χ4n) is 1.39. The van der Waals surface area contributed by atoms with Gasteiger partial charge in [0.25, 0.3) is 0 Å². The lowest BCUT2D eigenvalue weighted by molar-refractivity contribution is 0.416. The van der Waals surface area contributed by atoms with Crippen LogP contribution in [0.15, 0.2) is 16.7 Å². The quantitative estimate of drug-likeness (QED) is 0.837. The Morgan fingerprint density at radius 2 is 1.93 bits per heavy atom. The van der Waals surface area contributed by atoms with Gasteiger partial charge in [0, 0.05) is 30.8 Å². The molecule has 0 radical (unpaired) electrons. The summed E-state index contributed by atoms with van der Waals surface area (Å²) < 4.78 is 1.03. The van der Waals surface area contributed by atoms with E-state index in [2.05, 4.69) is 64.8 Å². The molecule has 0 saturated carbocycles. The third-order valence-electron chi connectivity index (χ3n) is 2.26. The highest BCUT2D eigenvalue weighted by Gasteiger charge is 2.06. The number of likely N-dealkylation sites (N-methyl/N-ethyl adjacent to an activating group) is 2. The van der Waals surface area contributed by atoms with E-state index in [4.69, 9.17) is 0 Å². The van der Waals surface area contributed by atoms with Gasteiger partial charge in [0.1, 0.15) is 5.82 Å². The highest BCUT2D eigenvalue weighted by Crippen LogP contribution is 2.19. The van der Waals surface area contributed by atoms with Gasteiger partial charge in [-0.25, -0.2) is 4.98 Å². The van der Waals surface area contributed by atoms with Crippen molar-refractivity contribution in [2.75, 3.05) is 39.1 Å². The summed E-state index contributed by atoms with van der Waals surface area (Å²) in [6.07, 6.45) is 1.84. The van der Waals surface area contributed by atoms with Crippen LogP contribution < -0.4 is 4.90 Å². The summed E-state index contributed by atoms with van der Waals surface area (Å²) >= 11 is 3.42. The molecule has 0 spiro atoms. The second kappa shape index (κ2) is 5.47. The Hall–Kier alpha value is -0.610. The predicted octanol–water partition coefficient (Wildman–Crippen LogP) is 2.15. The van der Waals surface area contributed by atoms with Crippen molar-refractivity contribution in [3.8, 4) is 0 Å². The van der Waals surface area contributed by atoms with Crippen molar-refractivity contribution in [3.05, 3.63) is 22.3 Å². The predicted molar refractivity (Wildman–Crippen MR) is 68.5 cm³/mol. The molecule has 0 aliphatic heterocycles. The van der Waals surface area contributed by atoms with E-state index in [9.17, 15) is 0 Å². The van der Waals surface area contributed by atoms with E-state index in [1.807, 2.05) is 6.20 Å². The van der Waals surface area contributed by atoms with Crippen molar-refractivity contribution in [3.63, 3.8) is 0 Å². The highest BCUT2D eigenvalue weighted by atomic mass is 79.9. The van der Waals surface area contributed by atoms with E-state index in [1.54, 1.807) is 0 Å². The van der Waals surface area contributed by atoms with Gasteiger partial charge < -0.3 is 9.80 Å². The minimum atomic E-state index is 0.989.